The Morgan fingerprint density at radius 1 is 0.854 bits per heavy atom. The number of nitrogens with two attached hydrogens (primary N) is 1. The maximum atomic E-state index is 6.33. The van der Waals surface area contributed by atoms with Crippen molar-refractivity contribution in [3.63, 3.8) is 0 Å². The van der Waals surface area contributed by atoms with E-state index in [1.807, 2.05) is 60.7 Å². The Balaban J connectivity index is 1.41. The Bertz CT molecular complexity index is 1540. The fourth-order valence-electron chi connectivity index (χ4n) is 5.58. The summed E-state index contributed by atoms with van der Waals surface area (Å²) < 4.78 is 16.6. The zero-order valence-corrected chi connectivity index (χ0v) is 24.6. The number of ether oxygens (including phenoxy) is 3. The van der Waals surface area contributed by atoms with E-state index in [4.69, 9.17) is 41.5 Å². The van der Waals surface area contributed by atoms with E-state index in [1.165, 1.54) is 19.3 Å². The fraction of sp³-hybridized carbons (Fsp3) is 0.333. The van der Waals surface area contributed by atoms with Gasteiger partial charge in [0.1, 0.15) is 11.6 Å². The van der Waals surface area contributed by atoms with Crippen LogP contribution >= 0.6 is 11.6 Å². The summed E-state index contributed by atoms with van der Waals surface area (Å²) in [5.74, 6) is 4.71. The quantitative estimate of drug-likeness (QED) is 0.206. The lowest BCUT2D eigenvalue weighted by Gasteiger charge is -2.28. The summed E-state index contributed by atoms with van der Waals surface area (Å²) in [6, 6.07) is 17.7. The molecule has 2 atom stereocenters. The number of nitrogens with zero attached hydrogens (tertiary/aromatic N) is 2. The second-order valence-electron chi connectivity index (χ2n) is 10.5. The number of halogens is 1. The predicted octanol–water partition coefficient (Wildman–Crippen LogP) is 7.32. The molecule has 1 heterocycles. The first kappa shape index (κ1) is 28.7. The first-order chi connectivity index (χ1) is 20.0. The third kappa shape index (κ3) is 6.75. The van der Waals surface area contributed by atoms with E-state index in [-0.39, 0.29) is 0 Å². The van der Waals surface area contributed by atoms with Gasteiger partial charge in [-0.05, 0) is 97.3 Å². The molecule has 4 aromatic rings. The average molecular weight is 573 g/mol. The summed E-state index contributed by atoms with van der Waals surface area (Å²) >= 11 is 6.33. The maximum Gasteiger partial charge on any atom is 0.161 e. The Kier molecular flexibility index (Phi) is 9.27. The summed E-state index contributed by atoms with van der Waals surface area (Å²) in [5.41, 5.74) is 9.68. The molecule has 3 aromatic carbocycles. The van der Waals surface area contributed by atoms with E-state index in [9.17, 15) is 0 Å². The van der Waals surface area contributed by atoms with Crippen molar-refractivity contribution in [3.05, 3.63) is 71.0 Å². The van der Waals surface area contributed by atoms with Crippen LogP contribution in [0.1, 0.15) is 37.1 Å². The Morgan fingerprint density at radius 3 is 2.34 bits per heavy atom. The zero-order chi connectivity index (χ0) is 28.8. The van der Waals surface area contributed by atoms with Gasteiger partial charge in [-0.3, -0.25) is 0 Å². The monoisotopic (exact) mass is 572 g/mol. The number of hydrogen-bond acceptors (Lipinski definition) is 7. The molecule has 0 aliphatic heterocycles. The van der Waals surface area contributed by atoms with Crippen LogP contribution in [0.2, 0.25) is 5.02 Å². The van der Waals surface area contributed by atoms with Crippen LogP contribution in [0.15, 0.2) is 54.6 Å². The van der Waals surface area contributed by atoms with Crippen molar-refractivity contribution in [2.24, 2.45) is 17.6 Å². The highest BCUT2D eigenvalue weighted by molar-refractivity contribution is 6.31. The van der Waals surface area contributed by atoms with Gasteiger partial charge in [0, 0.05) is 22.5 Å². The Labute approximate surface area is 246 Å². The lowest BCUT2D eigenvalue weighted by atomic mass is 9.81. The zero-order valence-electron chi connectivity index (χ0n) is 23.8. The van der Waals surface area contributed by atoms with Crippen LogP contribution < -0.4 is 25.3 Å². The average Bonchev–Trinajstić information content (AvgIpc) is 3.02. The summed E-state index contributed by atoms with van der Waals surface area (Å²) in [5, 5.41) is 5.21. The number of aromatic nitrogens is 2. The molecule has 0 radical (unpaired) electrons. The molecule has 8 heteroatoms. The van der Waals surface area contributed by atoms with Crippen molar-refractivity contribution >= 4 is 40.5 Å². The summed E-state index contributed by atoms with van der Waals surface area (Å²) in [6.07, 6.45) is 8.71. The van der Waals surface area contributed by atoms with Gasteiger partial charge in [0.25, 0.3) is 0 Å². The second-order valence-corrected chi connectivity index (χ2v) is 10.9. The molecule has 214 valence electrons. The Morgan fingerprint density at radius 2 is 1.59 bits per heavy atom. The van der Waals surface area contributed by atoms with Crippen LogP contribution in [-0.4, -0.2) is 44.4 Å². The van der Waals surface area contributed by atoms with Gasteiger partial charge in [0.05, 0.1) is 26.8 Å². The van der Waals surface area contributed by atoms with E-state index in [2.05, 4.69) is 11.4 Å². The SMILES string of the molecule is COc1cc(-c2ccc(OC)c(OC)c2)ccc1C=Cc1nc(NCC2CCCC(CN)C2)c2ccc(Cl)cc2n1. The van der Waals surface area contributed by atoms with E-state index >= 15 is 0 Å². The number of nitrogens with one attached hydrogen (secondary N) is 1. The molecule has 0 bridgehead atoms. The fourth-order valence-corrected chi connectivity index (χ4v) is 5.75. The van der Waals surface area contributed by atoms with E-state index < -0.39 is 0 Å². The molecule has 1 fully saturated rings. The van der Waals surface area contributed by atoms with E-state index in [0.29, 0.717) is 34.2 Å². The summed E-state index contributed by atoms with van der Waals surface area (Å²) in [4.78, 5) is 9.66. The highest BCUT2D eigenvalue weighted by Gasteiger charge is 2.21. The molecule has 3 N–H and O–H groups in total. The van der Waals surface area contributed by atoms with Gasteiger partial charge in [-0.25, -0.2) is 9.97 Å². The molecule has 1 aliphatic carbocycles. The van der Waals surface area contributed by atoms with Crippen molar-refractivity contribution in [1.29, 1.82) is 0 Å². The molecule has 0 amide bonds. The van der Waals surface area contributed by atoms with Crippen molar-refractivity contribution in [2.45, 2.75) is 25.7 Å². The third-order valence-electron chi connectivity index (χ3n) is 7.82. The molecule has 1 aliphatic rings. The van der Waals surface area contributed by atoms with Crippen LogP contribution in [0.3, 0.4) is 0 Å². The van der Waals surface area contributed by atoms with Gasteiger partial charge in [-0.15, -0.1) is 0 Å². The summed E-state index contributed by atoms with van der Waals surface area (Å²) in [6.45, 7) is 1.62. The molecule has 0 saturated heterocycles. The van der Waals surface area contributed by atoms with Gasteiger partial charge in [-0.2, -0.15) is 0 Å². The molecule has 0 spiro atoms. The lowest BCUT2D eigenvalue weighted by Crippen LogP contribution is -2.26. The molecule has 1 saturated carbocycles. The first-order valence-corrected chi connectivity index (χ1v) is 14.4. The van der Waals surface area contributed by atoms with Gasteiger partial charge >= 0.3 is 0 Å². The van der Waals surface area contributed by atoms with Gasteiger partial charge in [0.2, 0.25) is 0 Å². The molecule has 2 unspecified atom stereocenters. The molecule has 7 nitrogen and oxygen atoms in total. The standard InChI is InChI=1S/C33H37ClN4O3/c1-39-29-13-9-25(17-31(29)41-3)24-8-7-23(30(16-24)40-2)10-14-32-37-28-18-26(34)11-12-27(28)33(38-32)36-20-22-6-4-5-21(15-22)19-35/h7-14,16-18,21-22H,4-6,15,19-20,35H2,1-3H3,(H,36,37,38). The van der Waals surface area contributed by atoms with Crippen molar-refractivity contribution in [3.8, 4) is 28.4 Å². The highest BCUT2D eigenvalue weighted by atomic mass is 35.5. The lowest BCUT2D eigenvalue weighted by molar-refractivity contribution is 0.281. The topological polar surface area (TPSA) is 91.5 Å². The minimum absolute atomic E-state index is 0.585. The number of anilines is 1. The van der Waals surface area contributed by atoms with Gasteiger partial charge in [0.15, 0.2) is 17.3 Å². The predicted molar refractivity (Wildman–Crippen MR) is 168 cm³/mol. The second kappa shape index (κ2) is 13.2. The van der Waals surface area contributed by atoms with E-state index in [1.54, 1.807) is 21.3 Å². The summed E-state index contributed by atoms with van der Waals surface area (Å²) in [7, 11) is 4.93. The number of methoxy groups -OCH3 is 3. The number of rotatable bonds is 10. The van der Waals surface area contributed by atoms with Gasteiger partial charge < -0.3 is 25.3 Å². The first-order valence-electron chi connectivity index (χ1n) is 14.0. The minimum Gasteiger partial charge on any atom is -0.496 e. The van der Waals surface area contributed by atoms with Crippen LogP contribution in [0.5, 0.6) is 17.2 Å². The maximum absolute atomic E-state index is 6.33. The van der Waals surface area contributed by atoms with Gasteiger partial charge in [-0.1, -0.05) is 36.2 Å². The minimum atomic E-state index is 0.585. The van der Waals surface area contributed by atoms with Crippen LogP contribution in [0.25, 0.3) is 34.2 Å². The number of hydrogen-bond donors (Lipinski definition) is 2. The van der Waals surface area contributed by atoms with Crippen molar-refractivity contribution in [1.82, 2.24) is 9.97 Å². The van der Waals surface area contributed by atoms with Crippen LogP contribution in [-0.2, 0) is 0 Å². The Hall–Kier alpha value is -3.81. The molecular weight excluding hydrogens is 536 g/mol. The smallest absolute Gasteiger partial charge is 0.161 e. The van der Waals surface area contributed by atoms with Crippen molar-refractivity contribution in [2.75, 3.05) is 39.7 Å². The molecular formula is C33H37ClN4O3. The third-order valence-corrected chi connectivity index (χ3v) is 8.06. The van der Waals surface area contributed by atoms with Crippen LogP contribution in [0.4, 0.5) is 5.82 Å². The molecule has 41 heavy (non-hydrogen) atoms. The van der Waals surface area contributed by atoms with Crippen LogP contribution in [0, 0.1) is 11.8 Å². The molecule has 5 rings (SSSR count). The van der Waals surface area contributed by atoms with Crippen molar-refractivity contribution < 1.29 is 14.2 Å². The highest BCUT2D eigenvalue weighted by Crippen LogP contribution is 2.35. The molecule has 1 aromatic heterocycles. The largest absolute Gasteiger partial charge is 0.496 e. The normalized spacial score (nSPS) is 17.1. The number of fused-ring (bicyclic) bond motifs is 1. The van der Waals surface area contributed by atoms with E-state index in [0.717, 1.165) is 58.7 Å². The number of benzene rings is 3.